The molecule has 1 aromatic carbocycles. The first-order chi connectivity index (χ1) is 16.3. The maximum Gasteiger partial charge on any atom is 0.306 e. The first-order valence-corrected chi connectivity index (χ1v) is 12.6. The number of carbonyl (C=O) groups is 1. The fourth-order valence-corrected chi connectivity index (χ4v) is 4.79. The van der Waals surface area contributed by atoms with Crippen molar-refractivity contribution in [1.29, 1.82) is 0 Å². The van der Waals surface area contributed by atoms with E-state index >= 15 is 0 Å². The van der Waals surface area contributed by atoms with Crippen LogP contribution in [0.5, 0.6) is 0 Å². The highest BCUT2D eigenvalue weighted by Crippen LogP contribution is 2.37. The Morgan fingerprint density at radius 2 is 1.88 bits per heavy atom. The number of pyridine rings is 1. The maximum atomic E-state index is 11.9. The first kappa shape index (κ1) is 26.3. The number of aromatic nitrogens is 1. The van der Waals surface area contributed by atoms with Gasteiger partial charge in [-0.1, -0.05) is 38.4 Å². The zero-order valence-electron chi connectivity index (χ0n) is 21.0. The summed E-state index contributed by atoms with van der Waals surface area (Å²) in [4.78, 5) is 18.9. The number of ether oxygens (including phenoxy) is 2. The molecule has 0 unspecified atom stereocenters. The molecule has 2 aromatic rings. The van der Waals surface area contributed by atoms with Gasteiger partial charge in [0.15, 0.2) is 0 Å². The summed E-state index contributed by atoms with van der Waals surface area (Å²) in [5.74, 6) is 1.08. The molecule has 0 saturated heterocycles. The molecule has 3 rings (SSSR count). The number of benzene rings is 1. The van der Waals surface area contributed by atoms with Gasteiger partial charge in [-0.25, -0.2) is 4.98 Å². The Balaban J connectivity index is 1.97. The quantitative estimate of drug-likeness (QED) is 0.382. The van der Waals surface area contributed by atoms with Gasteiger partial charge in [-0.3, -0.25) is 4.79 Å². The van der Waals surface area contributed by atoms with E-state index in [9.17, 15) is 4.79 Å². The minimum Gasteiger partial charge on any atom is -0.469 e. The summed E-state index contributed by atoms with van der Waals surface area (Å²) < 4.78 is 10.5. The molecule has 0 spiro atoms. The molecule has 1 aliphatic rings. The molecular formula is C27H38ClN3O3. The number of nitrogens with zero attached hydrogens (tertiary/aromatic N) is 2. The molecule has 0 bridgehead atoms. The second-order valence-electron chi connectivity index (χ2n) is 9.66. The summed E-state index contributed by atoms with van der Waals surface area (Å²) in [5, 5.41) is 4.12. The molecule has 1 heterocycles. The monoisotopic (exact) mass is 487 g/mol. The molecule has 34 heavy (non-hydrogen) atoms. The van der Waals surface area contributed by atoms with Crippen LogP contribution in [-0.4, -0.2) is 43.9 Å². The third-order valence-electron chi connectivity index (χ3n) is 6.57. The third-order valence-corrected chi connectivity index (χ3v) is 6.79. The number of hydrogen-bond acceptors (Lipinski definition) is 6. The molecule has 7 heteroatoms. The first-order valence-electron chi connectivity index (χ1n) is 12.2. The van der Waals surface area contributed by atoms with Crippen molar-refractivity contribution in [2.45, 2.75) is 70.9 Å². The fourth-order valence-electron chi connectivity index (χ4n) is 4.68. The van der Waals surface area contributed by atoms with Gasteiger partial charge in [-0.05, 0) is 67.3 Å². The number of nitrogens with one attached hydrogen (secondary N) is 1. The molecular weight excluding hydrogens is 450 g/mol. The van der Waals surface area contributed by atoms with E-state index in [0.717, 1.165) is 55.0 Å². The number of rotatable bonds is 10. The molecule has 186 valence electrons. The molecule has 1 saturated carbocycles. The van der Waals surface area contributed by atoms with Crippen LogP contribution in [0.4, 0.5) is 17.2 Å². The summed E-state index contributed by atoms with van der Waals surface area (Å²) in [7, 11) is 3.24. The largest absolute Gasteiger partial charge is 0.469 e. The molecule has 1 atom stereocenters. The summed E-state index contributed by atoms with van der Waals surface area (Å²) in [6.07, 6.45) is 6.69. The van der Waals surface area contributed by atoms with Crippen LogP contribution >= 0.6 is 11.6 Å². The predicted molar refractivity (Wildman–Crippen MR) is 139 cm³/mol. The van der Waals surface area contributed by atoms with Gasteiger partial charge in [0.2, 0.25) is 0 Å². The fraction of sp³-hybridized carbons (Fsp3) is 0.556. The molecule has 1 fully saturated rings. The minimum absolute atomic E-state index is 0.0379. The highest BCUT2D eigenvalue weighted by atomic mass is 35.5. The Morgan fingerprint density at radius 1 is 1.15 bits per heavy atom. The lowest BCUT2D eigenvalue weighted by Crippen LogP contribution is -2.41. The van der Waals surface area contributed by atoms with Gasteiger partial charge in [0.05, 0.1) is 36.0 Å². The van der Waals surface area contributed by atoms with Crippen molar-refractivity contribution in [2.75, 3.05) is 31.0 Å². The van der Waals surface area contributed by atoms with E-state index in [1.54, 1.807) is 6.20 Å². The maximum absolute atomic E-state index is 11.9. The molecule has 0 amide bonds. The number of methoxy groups -OCH3 is 2. The van der Waals surface area contributed by atoms with Crippen molar-refractivity contribution in [3.8, 4) is 0 Å². The lowest BCUT2D eigenvalue weighted by atomic mass is 9.90. The minimum atomic E-state index is -0.207. The van der Waals surface area contributed by atoms with E-state index in [2.05, 4.69) is 47.2 Å². The van der Waals surface area contributed by atoms with Crippen LogP contribution in [0.25, 0.3) is 0 Å². The third kappa shape index (κ3) is 7.09. The van der Waals surface area contributed by atoms with Crippen LogP contribution in [-0.2, 0) is 14.3 Å². The average Bonchev–Trinajstić information content (AvgIpc) is 2.84. The SMILES string of the molecule is COC(=O)C[C@@H](C)c1ccc(N(CC(C)C)C2CCC(OC)CC2)c(Nc2ccc(Cl)cn2)c1. The Morgan fingerprint density at radius 3 is 2.47 bits per heavy atom. The highest BCUT2D eigenvalue weighted by molar-refractivity contribution is 6.30. The summed E-state index contributed by atoms with van der Waals surface area (Å²) in [5.41, 5.74) is 3.22. The standard InChI is InChI=1S/C27H38ClN3O3/c1-18(2)17-31(22-8-10-23(33-4)11-9-22)25-12-6-20(19(3)14-27(32)34-5)15-24(25)30-26-13-7-21(28)16-29-26/h6-7,12-13,15-16,18-19,22-23H,8-11,14,17H2,1-5H3,(H,29,30)/t19-,22?,23?/m1/s1. The van der Waals surface area contributed by atoms with E-state index in [1.165, 1.54) is 7.11 Å². The van der Waals surface area contributed by atoms with Crippen molar-refractivity contribution in [1.82, 2.24) is 4.98 Å². The van der Waals surface area contributed by atoms with E-state index in [4.69, 9.17) is 21.1 Å². The Hall–Kier alpha value is -2.31. The van der Waals surface area contributed by atoms with Crippen molar-refractivity contribution >= 4 is 34.8 Å². The number of hydrogen-bond donors (Lipinski definition) is 1. The lowest BCUT2D eigenvalue weighted by molar-refractivity contribution is -0.140. The Kier molecular flexibility index (Phi) is 9.60. The van der Waals surface area contributed by atoms with E-state index in [-0.39, 0.29) is 11.9 Å². The second kappa shape index (κ2) is 12.4. The molecule has 1 N–H and O–H groups in total. The molecule has 0 aliphatic heterocycles. The van der Waals surface area contributed by atoms with E-state index in [0.29, 0.717) is 29.5 Å². The normalized spacial score (nSPS) is 19.0. The van der Waals surface area contributed by atoms with Crippen LogP contribution in [0.3, 0.4) is 0 Å². The van der Waals surface area contributed by atoms with E-state index < -0.39 is 0 Å². The van der Waals surface area contributed by atoms with Gasteiger partial charge in [0.1, 0.15) is 5.82 Å². The Labute approximate surface area is 209 Å². The summed E-state index contributed by atoms with van der Waals surface area (Å²) >= 11 is 6.06. The smallest absolute Gasteiger partial charge is 0.306 e. The van der Waals surface area contributed by atoms with Gasteiger partial charge in [-0.2, -0.15) is 0 Å². The van der Waals surface area contributed by atoms with Gasteiger partial charge in [-0.15, -0.1) is 0 Å². The molecule has 6 nitrogen and oxygen atoms in total. The number of anilines is 3. The lowest BCUT2D eigenvalue weighted by Gasteiger charge is -2.40. The molecule has 0 radical (unpaired) electrons. The van der Waals surface area contributed by atoms with Crippen molar-refractivity contribution in [3.63, 3.8) is 0 Å². The zero-order valence-corrected chi connectivity index (χ0v) is 21.8. The number of esters is 1. The van der Waals surface area contributed by atoms with Crippen LogP contribution in [0.2, 0.25) is 5.02 Å². The Bertz CT molecular complexity index is 927. The molecule has 1 aromatic heterocycles. The van der Waals surface area contributed by atoms with Crippen molar-refractivity contribution < 1.29 is 14.3 Å². The summed E-state index contributed by atoms with van der Waals surface area (Å²) in [6, 6.07) is 10.6. The van der Waals surface area contributed by atoms with Gasteiger partial charge in [0.25, 0.3) is 0 Å². The van der Waals surface area contributed by atoms with Gasteiger partial charge < -0.3 is 19.7 Å². The number of halogens is 1. The van der Waals surface area contributed by atoms with E-state index in [1.807, 2.05) is 26.2 Å². The summed E-state index contributed by atoms with van der Waals surface area (Å²) in [6.45, 7) is 7.53. The van der Waals surface area contributed by atoms with Gasteiger partial charge >= 0.3 is 5.97 Å². The van der Waals surface area contributed by atoms with Crippen molar-refractivity contribution in [3.05, 3.63) is 47.1 Å². The highest BCUT2D eigenvalue weighted by Gasteiger charge is 2.28. The van der Waals surface area contributed by atoms with Crippen LogP contribution in [0.15, 0.2) is 36.5 Å². The van der Waals surface area contributed by atoms with Crippen molar-refractivity contribution in [2.24, 2.45) is 5.92 Å². The van der Waals surface area contributed by atoms with Gasteiger partial charge in [0, 0.05) is 25.9 Å². The molecule has 1 aliphatic carbocycles. The van der Waals surface area contributed by atoms with Crippen LogP contribution in [0.1, 0.15) is 64.4 Å². The average molecular weight is 488 g/mol. The zero-order chi connectivity index (χ0) is 24.7. The predicted octanol–water partition coefficient (Wildman–Crippen LogP) is 6.57. The number of carbonyl (C=O) groups excluding carboxylic acids is 1. The second-order valence-corrected chi connectivity index (χ2v) is 10.1. The topological polar surface area (TPSA) is 63.7 Å². The van der Waals surface area contributed by atoms with Crippen LogP contribution < -0.4 is 10.2 Å². The van der Waals surface area contributed by atoms with Crippen LogP contribution in [0, 0.1) is 5.92 Å².